The summed E-state index contributed by atoms with van der Waals surface area (Å²) in [6.07, 6.45) is -26.9. The normalized spacial score (nSPS) is 48.3. The predicted octanol–water partition coefficient (Wildman–Crippen LogP) is -10.1. The van der Waals surface area contributed by atoms with E-state index in [2.05, 4.69) is 5.32 Å². The van der Waals surface area contributed by atoms with E-state index < -0.39 is 148 Å². The molecule has 22 nitrogen and oxygen atoms in total. The average molecular weight is 734 g/mol. The average Bonchev–Trinajstić information content (AvgIpc) is 3.40. The number of hydrogen-bond donors (Lipinski definition) is 15. The number of carbonyl (C=O) groups is 1. The number of amides is 1. The SMILES string of the molecule is NCC(F)C(O)C(=O)N[C@@H]1[C@@H](O)[C@H](N)[C@@H](O[C@H]2O[C@H](CN)[C@@H](O)C[C@H]2N)[C@H](O[C@@H]2O[C@H](CO)[C@@H](O[C@H]3O[C@@H](CN)[C@@H](O)[C@H](O)[C@H]3N)[C@H]2O)[C@H]1O. The summed E-state index contributed by atoms with van der Waals surface area (Å²) in [4.78, 5) is 12.6. The Morgan fingerprint density at radius 3 is 1.92 bits per heavy atom. The van der Waals surface area contributed by atoms with Crippen LogP contribution in [0.3, 0.4) is 0 Å². The van der Waals surface area contributed by atoms with Gasteiger partial charge in [-0.05, 0) is 6.42 Å². The van der Waals surface area contributed by atoms with Crippen LogP contribution in [0.15, 0.2) is 0 Å². The largest absolute Gasteiger partial charge is 0.394 e. The van der Waals surface area contributed by atoms with Gasteiger partial charge in [-0.15, -0.1) is 0 Å². The van der Waals surface area contributed by atoms with Crippen molar-refractivity contribution in [3.63, 3.8) is 0 Å². The van der Waals surface area contributed by atoms with Crippen LogP contribution < -0.4 is 39.7 Å². The van der Waals surface area contributed by atoms with Gasteiger partial charge in [0.25, 0.3) is 5.91 Å². The molecule has 0 aromatic rings. The quantitative estimate of drug-likeness (QED) is 0.0835. The smallest absolute Gasteiger partial charge is 0.252 e. The van der Waals surface area contributed by atoms with E-state index >= 15 is 0 Å². The molecule has 23 heteroatoms. The van der Waals surface area contributed by atoms with Crippen molar-refractivity contribution in [2.75, 3.05) is 26.2 Å². The van der Waals surface area contributed by atoms with Crippen LogP contribution in [0.4, 0.5) is 4.39 Å². The standard InChI is InChI=1S/C27H52FN7O15/c28-6(2-29)15(38)24(44)35-14-17(40)12(33)22(49-25-7(32)1-8(37)9(3-30)45-25)23(19(14)42)50-27-20(43)21(11(5-36)47-27)48-26-13(34)18(41)16(39)10(4-31)46-26/h6-23,25-27,36-43H,1-5,29-34H2,(H,35,44)/t6?,7-,8+,9-,10+,11-,12+,13-,14-,15?,16-,17+,18-,19+,20-,21-,22-,23-,25-,26-,27+/m1/s1. The molecule has 3 heterocycles. The van der Waals surface area contributed by atoms with Crippen molar-refractivity contribution in [3.8, 4) is 0 Å². The van der Waals surface area contributed by atoms with Crippen molar-refractivity contribution in [2.24, 2.45) is 34.4 Å². The Bertz CT molecular complexity index is 1100. The van der Waals surface area contributed by atoms with Gasteiger partial charge >= 0.3 is 0 Å². The van der Waals surface area contributed by atoms with Gasteiger partial charge in [0.2, 0.25) is 0 Å². The second kappa shape index (κ2) is 17.6. The second-order valence-corrected chi connectivity index (χ2v) is 12.9. The van der Waals surface area contributed by atoms with Gasteiger partial charge in [-0.2, -0.15) is 0 Å². The van der Waals surface area contributed by atoms with E-state index in [9.17, 15) is 50.0 Å². The van der Waals surface area contributed by atoms with E-state index in [1.54, 1.807) is 0 Å². The Morgan fingerprint density at radius 2 is 1.32 bits per heavy atom. The first kappa shape index (κ1) is 41.4. The Kier molecular flexibility index (Phi) is 14.6. The van der Waals surface area contributed by atoms with E-state index in [-0.39, 0.29) is 19.5 Å². The summed E-state index contributed by atoms with van der Waals surface area (Å²) in [6, 6.07) is -5.60. The molecule has 3 aliphatic heterocycles. The Morgan fingerprint density at radius 1 is 0.740 bits per heavy atom. The van der Waals surface area contributed by atoms with Crippen LogP contribution in [-0.2, 0) is 33.2 Å². The Hall–Kier alpha value is -1.40. The number of nitrogens with one attached hydrogen (secondary N) is 1. The minimum atomic E-state index is -2.28. The van der Waals surface area contributed by atoms with Gasteiger partial charge in [0.05, 0.1) is 49.1 Å². The molecule has 4 rings (SSSR count). The van der Waals surface area contributed by atoms with E-state index in [0.29, 0.717) is 0 Å². The van der Waals surface area contributed by atoms with Crippen LogP contribution >= 0.6 is 0 Å². The topological polar surface area (TPSA) is 402 Å². The van der Waals surface area contributed by atoms with Crippen molar-refractivity contribution in [3.05, 3.63) is 0 Å². The summed E-state index contributed by atoms with van der Waals surface area (Å²) >= 11 is 0. The molecule has 4 fully saturated rings. The number of rotatable bonds is 13. The second-order valence-electron chi connectivity index (χ2n) is 12.9. The lowest BCUT2D eigenvalue weighted by Gasteiger charge is -2.49. The molecule has 1 amide bonds. The lowest BCUT2D eigenvalue weighted by atomic mass is 9.81. The van der Waals surface area contributed by atoms with E-state index in [1.165, 1.54) is 0 Å². The number of aliphatic hydroxyl groups excluding tert-OH is 8. The summed E-state index contributed by atoms with van der Waals surface area (Å²) in [6.45, 7) is -1.85. The maximum Gasteiger partial charge on any atom is 0.252 e. The molecule has 0 aromatic carbocycles. The molecule has 1 saturated carbocycles. The number of nitrogens with two attached hydrogens (primary N) is 6. The van der Waals surface area contributed by atoms with Crippen LogP contribution in [0.5, 0.6) is 0 Å². The van der Waals surface area contributed by atoms with Gasteiger partial charge in [-0.1, -0.05) is 0 Å². The Balaban J connectivity index is 1.59. The molecule has 2 unspecified atom stereocenters. The van der Waals surface area contributed by atoms with Crippen molar-refractivity contribution in [2.45, 2.75) is 135 Å². The molecule has 21 N–H and O–H groups in total. The number of ether oxygens (including phenoxy) is 6. The van der Waals surface area contributed by atoms with Crippen LogP contribution in [-0.4, -0.2) is 202 Å². The van der Waals surface area contributed by atoms with Crippen LogP contribution in [0.1, 0.15) is 6.42 Å². The minimum Gasteiger partial charge on any atom is -0.394 e. The van der Waals surface area contributed by atoms with E-state index in [4.69, 9.17) is 62.8 Å². The summed E-state index contributed by atoms with van der Waals surface area (Å²) in [7, 11) is 0. The van der Waals surface area contributed by atoms with Gasteiger partial charge in [-0.3, -0.25) is 4.79 Å². The number of halogens is 1. The predicted molar refractivity (Wildman–Crippen MR) is 162 cm³/mol. The van der Waals surface area contributed by atoms with Gasteiger partial charge < -0.3 is 109 Å². The summed E-state index contributed by atoms with van der Waals surface area (Å²) in [5.41, 5.74) is 35.0. The highest BCUT2D eigenvalue weighted by molar-refractivity contribution is 5.81. The van der Waals surface area contributed by atoms with Crippen molar-refractivity contribution in [1.29, 1.82) is 0 Å². The lowest BCUT2D eigenvalue weighted by Crippen LogP contribution is -2.73. The first-order valence-corrected chi connectivity index (χ1v) is 16.2. The molecule has 0 radical (unpaired) electrons. The molecule has 0 spiro atoms. The third-order valence-corrected chi connectivity index (χ3v) is 9.47. The number of carbonyl (C=O) groups excluding carboxylic acids is 1. The first-order chi connectivity index (χ1) is 23.6. The fraction of sp³-hybridized carbons (Fsp3) is 0.963. The lowest BCUT2D eigenvalue weighted by molar-refractivity contribution is -0.303. The highest BCUT2D eigenvalue weighted by Crippen LogP contribution is 2.35. The molecule has 21 atom stereocenters. The first-order valence-electron chi connectivity index (χ1n) is 16.2. The summed E-state index contributed by atoms with van der Waals surface area (Å²) in [5, 5.41) is 87.0. The zero-order valence-corrected chi connectivity index (χ0v) is 26.9. The fourth-order valence-electron chi connectivity index (χ4n) is 6.41. The monoisotopic (exact) mass is 733 g/mol. The molecular formula is C27H52FN7O15. The summed E-state index contributed by atoms with van der Waals surface area (Å²) < 4.78 is 48.8. The third kappa shape index (κ3) is 8.53. The molecule has 4 aliphatic rings. The molecule has 3 saturated heterocycles. The van der Waals surface area contributed by atoms with Gasteiger partial charge in [0.1, 0.15) is 61.1 Å². The molecule has 0 bridgehead atoms. The zero-order valence-electron chi connectivity index (χ0n) is 26.9. The van der Waals surface area contributed by atoms with E-state index in [0.717, 1.165) is 0 Å². The number of aliphatic hydroxyl groups is 8. The van der Waals surface area contributed by atoms with E-state index in [1.807, 2.05) is 0 Å². The maximum atomic E-state index is 14.0. The summed E-state index contributed by atoms with van der Waals surface area (Å²) in [5.74, 6) is -1.35. The molecule has 1 aliphatic carbocycles. The van der Waals surface area contributed by atoms with Gasteiger partial charge in [0, 0.05) is 19.6 Å². The molecule has 50 heavy (non-hydrogen) atoms. The number of alkyl halides is 1. The highest BCUT2D eigenvalue weighted by atomic mass is 19.1. The van der Waals surface area contributed by atoms with Crippen LogP contribution in [0, 0.1) is 0 Å². The molecular weight excluding hydrogens is 681 g/mol. The maximum absolute atomic E-state index is 14.0. The minimum absolute atomic E-state index is 0.0308. The van der Waals surface area contributed by atoms with Gasteiger partial charge in [-0.25, -0.2) is 4.39 Å². The number of hydrogen-bond acceptors (Lipinski definition) is 21. The van der Waals surface area contributed by atoms with Crippen LogP contribution in [0.25, 0.3) is 0 Å². The molecule has 292 valence electrons. The zero-order chi connectivity index (χ0) is 37.2. The highest BCUT2D eigenvalue weighted by Gasteiger charge is 2.56. The fourth-order valence-corrected chi connectivity index (χ4v) is 6.41. The molecule has 0 aromatic heterocycles. The third-order valence-electron chi connectivity index (χ3n) is 9.47. The van der Waals surface area contributed by atoms with Crippen molar-refractivity contribution in [1.82, 2.24) is 5.32 Å². The Labute approximate surface area is 285 Å². The van der Waals surface area contributed by atoms with Crippen molar-refractivity contribution < 1.29 is 78.5 Å². The van der Waals surface area contributed by atoms with Crippen molar-refractivity contribution >= 4 is 5.91 Å². The van der Waals surface area contributed by atoms with Gasteiger partial charge in [0.15, 0.2) is 25.0 Å². The van der Waals surface area contributed by atoms with Crippen LogP contribution in [0.2, 0.25) is 0 Å².